The van der Waals surface area contributed by atoms with Gasteiger partial charge in [-0.2, -0.15) is 0 Å². The maximum Gasteiger partial charge on any atom is 0.141 e. The van der Waals surface area contributed by atoms with Crippen LogP contribution in [0.25, 0.3) is 0 Å². The van der Waals surface area contributed by atoms with Gasteiger partial charge < -0.3 is 5.32 Å². The maximum absolute atomic E-state index is 12.8. The van der Waals surface area contributed by atoms with Crippen molar-refractivity contribution in [3.8, 4) is 0 Å². The highest BCUT2D eigenvalue weighted by atomic mass is 19.1. The van der Waals surface area contributed by atoms with Crippen molar-refractivity contribution in [1.29, 1.82) is 0 Å². The van der Waals surface area contributed by atoms with Crippen LogP contribution in [-0.2, 0) is 0 Å². The Labute approximate surface area is 109 Å². The van der Waals surface area contributed by atoms with Crippen LogP contribution in [0.15, 0.2) is 18.3 Å². The molecule has 0 saturated heterocycles. The lowest BCUT2D eigenvalue weighted by atomic mass is 9.84. The Morgan fingerprint density at radius 3 is 2.56 bits per heavy atom. The number of halogens is 1. The molecule has 1 aromatic heterocycles. The number of hydrogen-bond donors (Lipinski definition) is 1. The quantitative estimate of drug-likeness (QED) is 0.878. The standard InChI is InChI=1S/C15H23FN2/c1-11(13-6-4-3-5-7-13)18-12(2)15-9-8-14(16)10-17-15/h8-13,18H,3-7H2,1-2H3/t11-,12?/m1/s1. The minimum atomic E-state index is -0.272. The van der Waals surface area contributed by atoms with Gasteiger partial charge in [-0.05, 0) is 44.7 Å². The SMILES string of the molecule is CC(N[C@H](C)C1CCCCC1)c1ccc(F)cn1. The molecule has 1 N–H and O–H groups in total. The molecule has 18 heavy (non-hydrogen) atoms. The molecule has 3 heteroatoms. The van der Waals surface area contributed by atoms with Gasteiger partial charge in [0.25, 0.3) is 0 Å². The first-order valence-electron chi connectivity index (χ1n) is 7.04. The summed E-state index contributed by atoms with van der Waals surface area (Å²) < 4.78 is 12.8. The van der Waals surface area contributed by atoms with E-state index in [4.69, 9.17) is 0 Å². The van der Waals surface area contributed by atoms with Crippen molar-refractivity contribution in [2.75, 3.05) is 0 Å². The van der Waals surface area contributed by atoms with Crippen LogP contribution in [0.4, 0.5) is 4.39 Å². The highest BCUT2D eigenvalue weighted by molar-refractivity contribution is 5.09. The molecule has 1 heterocycles. The molecule has 2 rings (SSSR count). The number of aromatic nitrogens is 1. The molecule has 1 aliphatic rings. The second-order valence-corrected chi connectivity index (χ2v) is 5.48. The summed E-state index contributed by atoms with van der Waals surface area (Å²) in [5.41, 5.74) is 0.916. The van der Waals surface area contributed by atoms with E-state index in [0.29, 0.717) is 6.04 Å². The zero-order valence-corrected chi connectivity index (χ0v) is 11.3. The monoisotopic (exact) mass is 250 g/mol. The summed E-state index contributed by atoms with van der Waals surface area (Å²) in [5.74, 6) is 0.507. The molecule has 1 aliphatic carbocycles. The van der Waals surface area contributed by atoms with Gasteiger partial charge in [-0.3, -0.25) is 4.98 Å². The van der Waals surface area contributed by atoms with Crippen molar-refractivity contribution < 1.29 is 4.39 Å². The van der Waals surface area contributed by atoms with Crippen molar-refractivity contribution in [2.45, 2.75) is 58.0 Å². The van der Waals surface area contributed by atoms with Crippen molar-refractivity contribution in [1.82, 2.24) is 10.3 Å². The molecule has 0 bridgehead atoms. The zero-order chi connectivity index (χ0) is 13.0. The van der Waals surface area contributed by atoms with Crippen LogP contribution >= 0.6 is 0 Å². The molecule has 2 nitrogen and oxygen atoms in total. The third-order valence-electron chi connectivity index (χ3n) is 4.06. The van der Waals surface area contributed by atoms with Crippen LogP contribution in [0.2, 0.25) is 0 Å². The molecule has 100 valence electrons. The van der Waals surface area contributed by atoms with Crippen LogP contribution in [0.3, 0.4) is 0 Å². The Hall–Kier alpha value is -0.960. The molecule has 0 aliphatic heterocycles. The van der Waals surface area contributed by atoms with E-state index in [9.17, 15) is 4.39 Å². The Morgan fingerprint density at radius 2 is 1.94 bits per heavy atom. The number of pyridine rings is 1. The van der Waals surface area contributed by atoms with Gasteiger partial charge in [0.1, 0.15) is 5.82 Å². The fraction of sp³-hybridized carbons (Fsp3) is 0.667. The minimum Gasteiger partial charge on any atom is -0.306 e. The average Bonchev–Trinajstić information content (AvgIpc) is 2.40. The molecular weight excluding hydrogens is 227 g/mol. The van der Waals surface area contributed by atoms with Gasteiger partial charge in [0, 0.05) is 12.1 Å². The van der Waals surface area contributed by atoms with E-state index in [2.05, 4.69) is 24.1 Å². The first-order chi connectivity index (χ1) is 8.66. The number of nitrogens with zero attached hydrogens (tertiary/aromatic N) is 1. The maximum atomic E-state index is 12.8. The second-order valence-electron chi connectivity index (χ2n) is 5.48. The highest BCUT2D eigenvalue weighted by Gasteiger charge is 2.21. The Bertz CT molecular complexity index is 357. The lowest BCUT2D eigenvalue weighted by molar-refractivity contribution is 0.267. The zero-order valence-electron chi connectivity index (χ0n) is 11.3. The predicted octanol–water partition coefficient (Wildman–Crippen LogP) is 3.84. The van der Waals surface area contributed by atoms with Gasteiger partial charge in [0.15, 0.2) is 0 Å². The molecule has 0 radical (unpaired) electrons. The van der Waals surface area contributed by atoms with E-state index in [-0.39, 0.29) is 11.9 Å². The molecular formula is C15H23FN2. The second kappa shape index (κ2) is 6.28. The fourth-order valence-electron chi connectivity index (χ4n) is 2.89. The van der Waals surface area contributed by atoms with Gasteiger partial charge in [0.2, 0.25) is 0 Å². The highest BCUT2D eigenvalue weighted by Crippen LogP contribution is 2.27. The van der Waals surface area contributed by atoms with E-state index in [1.807, 2.05) is 0 Å². The van der Waals surface area contributed by atoms with Gasteiger partial charge in [-0.1, -0.05) is 19.3 Å². The van der Waals surface area contributed by atoms with E-state index in [1.165, 1.54) is 44.4 Å². The van der Waals surface area contributed by atoms with E-state index in [0.717, 1.165) is 11.6 Å². The lowest BCUT2D eigenvalue weighted by Gasteiger charge is -2.30. The summed E-state index contributed by atoms with van der Waals surface area (Å²) in [6, 6.07) is 3.93. The Balaban J connectivity index is 1.89. The fourth-order valence-corrected chi connectivity index (χ4v) is 2.89. The van der Waals surface area contributed by atoms with Gasteiger partial charge >= 0.3 is 0 Å². The molecule has 0 aromatic carbocycles. The van der Waals surface area contributed by atoms with Crippen LogP contribution < -0.4 is 5.32 Å². The molecule has 1 aromatic rings. The molecule has 1 saturated carbocycles. The van der Waals surface area contributed by atoms with Crippen molar-refractivity contribution in [3.63, 3.8) is 0 Å². The number of rotatable bonds is 4. The van der Waals surface area contributed by atoms with E-state index < -0.39 is 0 Å². The van der Waals surface area contributed by atoms with Crippen LogP contribution in [-0.4, -0.2) is 11.0 Å². The first kappa shape index (κ1) is 13.5. The summed E-state index contributed by atoms with van der Waals surface area (Å²) in [5, 5.41) is 3.60. The van der Waals surface area contributed by atoms with E-state index in [1.54, 1.807) is 6.07 Å². The van der Waals surface area contributed by atoms with Gasteiger partial charge in [-0.25, -0.2) is 4.39 Å². The van der Waals surface area contributed by atoms with Crippen molar-refractivity contribution >= 4 is 0 Å². The summed E-state index contributed by atoms with van der Waals surface area (Å²) in [4.78, 5) is 4.14. The number of nitrogens with one attached hydrogen (secondary N) is 1. The topological polar surface area (TPSA) is 24.9 Å². The minimum absolute atomic E-state index is 0.183. The lowest BCUT2D eigenvalue weighted by Crippen LogP contribution is -2.36. The predicted molar refractivity (Wildman–Crippen MR) is 71.8 cm³/mol. The van der Waals surface area contributed by atoms with Crippen molar-refractivity contribution in [2.24, 2.45) is 5.92 Å². The summed E-state index contributed by atoms with van der Waals surface area (Å²) in [6.45, 7) is 4.36. The van der Waals surface area contributed by atoms with Crippen molar-refractivity contribution in [3.05, 3.63) is 29.8 Å². The molecule has 1 fully saturated rings. The molecule has 1 unspecified atom stereocenters. The van der Waals surface area contributed by atoms with Crippen LogP contribution in [0.1, 0.15) is 57.7 Å². The van der Waals surface area contributed by atoms with Crippen LogP contribution in [0, 0.1) is 11.7 Å². The largest absolute Gasteiger partial charge is 0.306 e. The van der Waals surface area contributed by atoms with Gasteiger partial charge in [0.05, 0.1) is 11.9 Å². The normalized spacial score (nSPS) is 20.6. The summed E-state index contributed by atoms with van der Waals surface area (Å²) in [6.07, 6.45) is 8.06. The number of hydrogen-bond acceptors (Lipinski definition) is 2. The average molecular weight is 250 g/mol. The molecule has 0 spiro atoms. The Morgan fingerprint density at radius 1 is 1.22 bits per heavy atom. The summed E-state index contributed by atoms with van der Waals surface area (Å²) in [7, 11) is 0. The third-order valence-corrected chi connectivity index (χ3v) is 4.06. The molecule has 2 atom stereocenters. The van der Waals surface area contributed by atoms with Gasteiger partial charge in [-0.15, -0.1) is 0 Å². The van der Waals surface area contributed by atoms with Crippen LogP contribution in [0.5, 0.6) is 0 Å². The summed E-state index contributed by atoms with van der Waals surface area (Å²) >= 11 is 0. The van der Waals surface area contributed by atoms with E-state index >= 15 is 0 Å². The first-order valence-corrected chi connectivity index (χ1v) is 7.04. The third kappa shape index (κ3) is 3.52. The Kier molecular flexibility index (Phi) is 4.70. The molecule has 0 amide bonds. The smallest absolute Gasteiger partial charge is 0.141 e.